The Bertz CT molecular complexity index is 1320. The molecule has 2 N–H and O–H groups in total. The van der Waals surface area contributed by atoms with Crippen molar-refractivity contribution in [1.82, 2.24) is 34.8 Å². The number of hydrogen-bond acceptors (Lipinski definition) is 8. The maximum absolute atomic E-state index is 12.9. The number of amides is 1. The maximum Gasteiger partial charge on any atom is 0.264 e. The largest absolute Gasteiger partial charge is 0.472 e. The van der Waals surface area contributed by atoms with Crippen LogP contribution in [0.1, 0.15) is 45.6 Å². The number of fused-ring (bicyclic) bond motifs is 1. The van der Waals surface area contributed by atoms with Gasteiger partial charge < -0.3 is 15.0 Å². The second-order valence-corrected chi connectivity index (χ2v) is 9.60. The Balaban J connectivity index is 1.36. The molecule has 2 fully saturated rings. The van der Waals surface area contributed by atoms with Gasteiger partial charge in [0.05, 0.1) is 24.5 Å². The molecule has 0 aromatic carbocycles. The second kappa shape index (κ2) is 9.54. The summed E-state index contributed by atoms with van der Waals surface area (Å²) in [5, 5.41) is 24.6. The molecule has 1 aliphatic heterocycles. The van der Waals surface area contributed by atoms with Gasteiger partial charge in [0.2, 0.25) is 11.8 Å². The van der Waals surface area contributed by atoms with Gasteiger partial charge in [-0.3, -0.25) is 14.6 Å². The maximum atomic E-state index is 12.9. The zero-order valence-electron chi connectivity index (χ0n) is 19.5. The van der Waals surface area contributed by atoms with E-state index in [9.17, 15) is 10.1 Å². The quantitative estimate of drug-likeness (QED) is 0.373. The lowest BCUT2D eigenvalue weighted by Crippen LogP contribution is -2.45. The smallest absolute Gasteiger partial charge is 0.264 e. The lowest BCUT2D eigenvalue weighted by atomic mass is 10.0. The molecule has 3 aromatic rings. The van der Waals surface area contributed by atoms with Crippen LogP contribution in [0.15, 0.2) is 24.0 Å². The summed E-state index contributed by atoms with van der Waals surface area (Å²) >= 11 is 6.32. The Morgan fingerprint density at radius 3 is 2.94 bits per heavy atom. The van der Waals surface area contributed by atoms with Crippen molar-refractivity contribution >= 4 is 40.2 Å². The topological polar surface area (TPSA) is 138 Å². The number of H-pyrrole nitrogens is 1. The van der Waals surface area contributed by atoms with Crippen molar-refractivity contribution in [1.29, 1.82) is 5.26 Å². The standard InChI is InChI=1S/C23H26ClN9O2/c1-13(2)8-14(9-25)22(34)32-7-3-4-17(12-32)35-21-18-19(24)30-31-20(18)28-23(29-21)27-15-10-26-33(11-15)16-5-6-16/h8,10-11,13,16-17H,3-7,12H2,1-2H3,(H2,27,28,29,30,31)/b14-8+. The molecule has 0 bridgehead atoms. The number of aromatic nitrogens is 6. The molecule has 35 heavy (non-hydrogen) atoms. The van der Waals surface area contributed by atoms with Crippen molar-refractivity contribution in [3.63, 3.8) is 0 Å². The molecule has 3 aromatic heterocycles. The summed E-state index contributed by atoms with van der Waals surface area (Å²) in [6, 6.07) is 2.49. The van der Waals surface area contributed by atoms with E-state index in [2.05, 4.69) is 30.6 Å². The predicted molar refractivity (Wildman–Crippen MR) is 129 cm³/mol. The van der Waals surface area contributed by atoms with E-state index in [1.165, 1.54) is 0 Å². The van der Waals surface area contributed by atoms with E-state index < -0.39 is 0 Å². The number of aromatic amines is 1. The first-order valence-corrected chi connectivity index (χ1v) is 12.1. The summed E-state index contributed by atoms with van der Waals surface area (Å²) < 4.78 is 8.19. The number of nitrogens with one attached hydrogen (secondary N) is 2. The molecule has 1 amide bonds. The number of piperidine rings is 1. The highest BCUT2D eigenvalue weighted by atomic mass is 35.5. The minimum atomic E-state index is -0.318. The molecule has 1 aliphatic carbocycles. The van der Waals surface area contributed by atoms with Crippen LogP contribution < -0.4 is 10.1 Å². The van der Waals surface area contributed by atoms with Crippen LogP contribution in [0.4, 0.5) is 11.6 Å². The molecule has 5 rings (SSSR count). The van der Waals surface area contributed by atoms with Crippen LogP contribution in [0.2, 0.25) is 5.15 Å². The summed E-state index contributed by atoms with van der Waals surface area (Å²) in [4.78, 5) is 23.6. The number of carbonyl (C=O) groups is 1. The number of hydrogen-bond donors (Lipinski definition) is 2. The van der Waals surface area contributed by atoms with Gasteiger partial charge in [-0.1, -0.05) is 31.5 Å². The summed E-state index contributed by atoms with van der Waals surface area (Å²) in [5.41, 5.74) is 1.29. The first kappa shape index (κ1) is 23.1. The van der Waals surface area contributed by atoms with E-state index in [4.69, 9.17) is 16.3 Å². The second-order valence-electron chi connectivity index (χ2n) is 9.22. The predicted octanol–water partition coefficient (Wildman–Crippen LogP) is 3.76. The van der Waals surface area contributed by atoms with Gasteiger partial charge in [0.15, 0.2) is 5.65 Å². The Hall–Kier alpha value is -3.65. The summed E-state index contributed by atoms with van der Waals surface area (Å²) in [6.45, 7) is 4.78. The number of ether oxygens (including phenoxy) is 1. The highest BCUT2D eigenvalue weighted by Crippen LogP contribution is 2.35. The fourth-order valence-electron chi connectivity index (χ4n) is 4.11. The van der Waals surface area contributed by atoms with Gasteiger partial charge in [-0.25, -0.2) is 0 Å². The van der Waals surface area contributed by atoms with E-state index >= 15 is 0 Å². The molecule has 12 heteroatoms. The van der Waals surface area contributed by atoms with E-state index in [1.807, 2.05) is 30.8 Å². The van der Waals surface area contributed by atoms with Crippen LogP contribution in [-0.4, -0.2) is 59.9 Å². The van der Waals surface area contributed by atoms with Gasteiger partial charge in [0.1, 0.15) is 28.3 Å². The SMILES string of the molecule is CC(C)/C=C(\C#N)C(=O)N1CCCC(Oc2nc(Nc3cnn(C4CC4)c3)nc3n[nH]c(Cl)c23)C1. The number of halogens is 1. The molecular weight excluding hydrogens is 470 g/mol. The minimum Gasteiger partial charge on any atom is -0.472 e. The third-order valence-corrected chi connectivity index (χ3v) is 6.18. The van der Waals surface area contributed by atoms with Crippen molar-refractivity contribution in [2.24, 2.45) is 5.92 Å². The lowest BCUT2D eigenvalue weighted by molar-refractivity contribution is -0.129. The van der Waals surface area contributed by atoms with Crippen molar-refractivity contribution in [2.75, 3.05) is 18.4 Å². The van der Waals surface area contributed by atoms with E-state index in [-0.39, 0.29) is 34.5 Å². The van der Waals surface area contributed by atoms with Gasteiger partial charge >= 0.3 is 0 Å². The zero-order valence-corrected chi connectivity index (χ0v) is 20.3. The number of anilines is 2. The molecule has 182 valence electrons. The van der Waals surface area contributed by atoms with Crippen LogP contribution >= 0.6 is 11.6 Å². The summed E-state index contributed by atoms with van der Waals surface area (Å²) in [5.74, 6) is 0.411. The van der Waals surface area contributed by atoms with Crippen LogP contribution in [0.25, 0.3) is 11.0 Å². The third kappa shape index (κ3) is 5.07. The fourth-order valence-corrected chi connectivity index (χ4v) is 4.32. The van der Waals surface area contributed by atoms with E-state index in [1.54, 1.807) is 17.2 Å². The lowest BCUT2D eigenvalue weighted by Gasteiger charge is -2.32. The molecule has 11 nitrogen and oxygen atoms in total. The van der Waals surface area contributed by atoms with Crippen LogP contribution in [0.5, 0.6) is 5.88 Å². The highest BCUT2D eigenvalue weighted by molar-refractivity contribution is 6.34. The Morgan fingerprint density at radius 2 is 2.20 bits per heavy atom. The first-order chi connectivity index (χ1) is 16.9. The number of likely N-dealkylation sites (tertiary alicyclic amines) is 1. The fraction of sp³-hybridized carbons (Fsp3) is 0.478. The number of rotatable bonds is 7. The molecule has 4 heterocycles. The summed E-state index contributed by atoms with van der Waals surface area (Å²) in [6.07, 6.45) is 8.77. The molecule has 1 unspecified atom stereocenters. The van der Waals surface area contributed by atoms with Crippen molar-refractivity contribution in [3.8, 4) is 11.9 Å². The molecular formula is C23H26ClN9O2. The normalized spacial score (nSPS) is 18.7. The molecule has 2 aliphatic rings. The number of carbonyl (C=O) groups excluding carboxylic acids is 1. The Labute approximate surface area is 207 Å². The van der Waals surface area contributed by atoms with Crippen LogP contribution in [-0.2, 0) is 4.79 Å². The van der Waals surface area contributed by atoms with Gasteiger partial charge in [-0.15, -0.1) is 0 Å². The van der Waals surface area contributed by atoms with Gasteiger partial charge in [-0.2, -0.15) is 25.4 Å². The van der Waals surface area contributed by atoms with Crippen molar-refractivity contribution < 1.29 is 9.53 Å². The van der Waals surface area contributed by atoms with E-state index in [0.29, 0.717) is 36.1 Å². The number of allylic oxidation sites excluding steroid dienone is 1. The number of nitriles is 1. The molecule has 1 atom stereocenters. The molecule has 0 radical (unpaired) electrons. The van der Waals surface area contributed by atoms with Crippen LogP contribution in [0, 0.1) is 17.2 Å². The number of nitrogens with zero attached hydrogens (tertiary/aromatic N) is 7. The average Bonchev–Trinajstić information content (AvgIpc) is 3.48. The molecule has 0 spiro atoms. The van der Waals surface area contributed by atoms with Crippen molar-refractivity contribution in [2.45, 2.75) is 51.7 Å². The molecule has 1 saturated heterocycles. The van der Waals surface area contributed by atoms with Crippen LogP contribution in [0.3, 0.4) is 0 Å². The minimum absolute atomic E-state index is 0.102. The zero-order chi connectivity index (χ0) is 24.5. The monoisotopic (exact) mass is 495 g/mol. The summed E-state index contributed by atoms with van der Waals surface area (Å²) in [7, 11) is 0. The van der Waals surface area contributed by atoms with Gasteiger partial charge in [0, 0.05) is 12.7 Å². The highest BCUT2D eigenvalue weighted by Gasteiger charge is 2.29. The third-order valence-electron chi connectivity index (χ3n) is 5.91. The Kier molecular flexibility index (Phi) is 6.30. The van der Waals surface area contributed by atoms with Gasteiger partial charge in [0.25, 0.3) is 5.91 Å². The first-order valence-electron chi connectivity index (χ1n) is 11.7. The van der Waals surface area contributed by atoms with Gasteiger partial charge in [-0.05, 0) is 31.6 Å². The molecule has 1 saturated carbocycles. The van der Waals surface area contributed by atoms with Crippen molar-refractivity contribution in [3.05, 3.63) is 29.2 Å². The average molecular weight is 496 g/mol. The Morgan fingerprint density at radius 1 is 1.37 bits per heavy atom. The van der Waals surface area contributed by atoms with E-state index in [0.717, 1.165) is 31.4 Å².